The summed E-state index contributed by atoms with van der Waals surface area (Å²) in [6, 6.07) is 8.68. The number of carbonyl (C=O) groups is 4. The molecule has 1 saturated carbocycles. The fourth-order valence-corrected chi connectivity index (χ4v) is 5.40. The molecule has 0 bridgehead atoms. The van der Waals surface area contributed by atoms with Crippen molar-refractivity contribution >= 4 is 24.3 Å². The molecule has 0 unspecified atom stereocenters. The number of amides is 4. The van der Waals surface area contributed by atoms with Crippen molar-refractivity contribution in [3.05, 3.63) is 35.9 Å². The summed E-state index contributed by atoms with van der Waals surface area (Å²) in [7, 11) is 0. The molecule has 0 spiro atoms. The summed E-state index contributed by atoms with van der Waals surface area (Å²) in [5.41, 5.74) is 0.333. The van der Waals surface area contributed by atoms with E-state index in [1.165, 1.54) is 0 Å². The quantitative estimate of drug-likeness (QED) is 0.265. The lowest BCUT2D eigenvalue weighted by Crippen LogP contribution is -2.57. The second kappa shape index (κ2) is 14.3. The van der Waals surface area contributed by atoms with Crippen LogP contribution < -0.4 is 5.32 Å². The van der Waals surface area contributed by atoms with E-state index in [4.69, 9.17) is 4.74 Å². The van der Waals surface area contributed by atoms with Gasteiger partial charge in [-0.05, 0) is 29.7 Å². The number of hydroxylamine groups is 2. The molecule has 10 nitrogen and oxygen atoms in total. The first-order valence-corrected chi connectivity index (χ1v) is 14.0. The van der Waals surface area contributed by atoms with Crippen molar-refractivity contribution in [2.24, 2.45) is 17.3 Å². The third-order valence-electron chi connectivity index (χ3n) is 7.66. The SMILES string of the molecule is CC(C)(C)[C@H](NC(=O)[C@H](CC1CCCC1)CN(O)C=O)C(=O)N1CCCN(C(=O)OCc2ccccc2)CC1. The summed E-state index contributed by atoms with van der Waals surface area (Å²) in [5.74, 6) is -0.786. The Morgan fingerprint density at radius 3 is 2.33 bits per heavy atom. The molecule has 1 aromatic carbocycles. The Bertz CT molecular complexity index is 960. The molecule has 0 aromatic heterocycles. The monoisotopic (exact) mass is 544 g/mol. The Morgan fingerprint density at radius 2 is 1.69 bits per heavy atom. The number of nitrogens with one attached hydrogen (secondary N) is 1. The van der Waals surface area contributed by atoms with Crippen LogP contribution in [0.4, 0.5) is 4.79 Å². The molecule has 2 aliphatic rings. The first kappa shape index (κ1) is 30.4. The van der Waals surface area contributed by atoms with Crippen LogP contribution in [0.3, 0.4) is 0 Å². The van der Waals surface area contributed by atoms with Gasteiger partial charge in [-0.15, -0.1) is 0 Å². The van der Waals surface area contributed by atoms with Gasteiger partial charge in [0, 0.05) is 26.2 Å². The largest absolute Gasteiger partial charge is 0.445 e. The van der Waals surface area contributed by atoms with Crippen LogP contribution in [-0.4, -0.2) is 83.2 Å². The molecule has 3 rings (SSSR count). The van der Waals surface area contributed by atoms with E-state index in [1.807, 2.05) is 51.1 Å². The highest BCUT2D eigenvalue weighted by Gasteiger charge is 2.38. The topological polar surface area (TPSA) is 119 Å². The molecule has 216 valence electrons. The average Bonchev–Trinajstić information content (AvgIpc) is 3.30. The lowest BCUT2D eigenvalue weighted by atomic mass is 9.84. The molecule has 2 N–H and O–H groups in total. The normalized spacial score (nSPS) is 18.2. The van der Waals surface area contributed by atoms with Crippen LogP contribution in [0, 0.1) is 17.3 Å². The lowest BCUT2D eigenvalue weighted by Gasteiger charge is -2.36. The number of nitrogens with zero attached hydrogens (tertiary/aromatic N) is 3. The van der Waals surface area contributed by atoms with Crippen LogP contribution in [0.1, 0.15) is 64.9 Å². The van der Waals surface area contributed by atoms with Crippen molar-refractivity contribution in [3.63, 3.8) is 0 Å². The fraction of sp³-hybridized carbons (Fsp3) is 0.655. The highest BCUT2D eigenvalue weighted by molar-refractivity contribution is 5.89. The van der Waals surface area contributed by atoms with Gasteiger partial charge in [-0.3, -0.25) is 19.6 Å². The summed E-state index contributed by atoms with van der Waals surface area (Å²) >= 11 is 0. The zero-order chi connectivity index (χ0) is 28.4. The van der Waals surface area contributed by atoms with Gasteiger partial charge in [-0.2, -0.15) is 0 Å². The molecule has 10 heteroatoms. The molecule has 2 fully saturated rings. The number of hydrogen-bond donors (Lipinski definition) is 2. The molecule has 1 aliphatic heterocycles. The second-order valence-corrected chi connectivity index (χ2v) is 11.8. The summed E-state index contributed by atoms with van der Waals surface area (Å²) < 4.78 is 5.47. The van der Waals surface area contributed by atoms with E-state index in [0.717, 1.165) is 31.2 Å². The Balaban J connectivity index is 1.62. The third-order valence-corrected chi connectivity index (χ3v) is 7.66. The van der Waals surface area contributed by atoms with Crippen molar-refractivity contribution < 1.29 is 29.1 Å². The molecule has 1 aromatic rings. The van der Waals surface area contributed by atoms with Crippen LogP contribution >= 0.6 is 0 Å². The highest BCUT2D eigenvalue weighted by Crippen LogP contribution is 2.31. The van der Waals surface area contributed by atoms with Crippen molar-refractivity contribution in [1.29, 1.82) is 0 Å². The smallest absolute Gasteiger partial charge is 0.410 e. The molecular weight excluding hydrogens is 500 g/mol. The van der Waals surface area contributed by atoms with Crippen LogP contribution in [0.15, 0.2) is 30.3 Å². The van der Waals surface area contributed by atoms with Crippen molar-refractivity contribution in [2.75, 3.05) is 32.7 Å². The first-order valence-electron chi connectivity index (χ1n) is 14.0. The molecule has 1 aliphatic carbocycles. The molecule has 4 amide bonds. The summed E-state index contributed by atoms with van der Waals surface area (Å²) in [5, 5.41) is 13.3. The maximum atomic E-state index is 13.7. The Kier molecular flexibility index (Phi) is 11.2. The maximum Gasteiger partial charge on any atom is 0.410 e. The molecule has 2 atom stereocenters. The van der Waals surface area contributed by atoms with Crippen molar-refractivity contribution in [3.8, 4) is 0 Å². The molecule has 39 heavy (non-hydrogen) atoms. The average molecular weight is 545 g/mol. The van der Waals surface area contributed by atoms with E-state index in [0.29, 0.717) is 56.4 Å². The number of carbonyl (C=O) groups excluding carboxylic acids is 4. The maximum absolute atomic E-state index is 13.7. The van der Waals surface area contributed by atoms with E-state index in [-0.39, 0.29) is 25.0 Å². The van der Waals surface area contributed by atoms with Gasteiger partial charge in [-0.1, -0.05) is 76.8 Å². The highest BCUT2D eigenvalue weighted by atomic mass is 16.6. The predicted octanol–water partition coefficient (Wildman–Crippen LogP) is 3.43. The van der Waals surface area contributed by atoms with Gasteiger partial charge in [0.15, 0.2) is 0 Å². The van der Waals surface area contributed by atoms with Crippen LogP contribution in [-0.2, 0) is 25.7 Å². The van der Waals surface area contributed by atoms with E-state index in [9.17, 15) is 24.4 Å². The van der Waals surface area contributed by atoms with E-state index < -0.39 is 23.5 Å². The fourth-order valence-electron chi connectivity index (χ4n) is 5.40. The van der Waals surface area contributed by atoms with Gasteiger partial charge in [0.05, 0.1) is 12.5 Å². The van der Waals surface area contributed by atoms with Gasteiger partial charge in [0.2, 0.25) is 18.2 Å². The van der Waals surface area contributed by atoms with E-state index in [1.54, 1.807) is 9.80 Å². The van der Waals surface area contributed by atoms with Crippen molar-refractivity contribution in [2.45, 2.75) is 71.9 Å². The minimum atomic E-state index is -0.795. The van der Waals surface area contributed by atoms with E-state index in [2.05, 4.69) is 5.32 Å². The first-order chi connectivity index (χ1) is 18.6. The van der Waals surface area contributed by atoms with Gasteiger partial charge in [0.1, 0.15) is 12.6 Å². The summed E-state index contributed by atoms with van der Waals surface area (Å²) in [4.78, 5) is 54.2. The third kappa shape index (κ3) is 9.23. The summed E-state index contributed by atoms with van der Waals surface area (Å²) in [6.45, 7) is 7.39. The Hall–Kier alpha value is -3.14. The molecular formula is C29H44N4O6. The Labute approximate surface area is 231 Å². The van der Waals surface area contributed by atoms with Gasteiger partial charge < -0.3 is 19.9 Å². The van der Waals surface area contributed by atoms with Crippen LogP contribution in [0.25, 0.3) is 0 Å². The van der Waals surface area contributed by atoms with Crippen LogP contribution in [0.2, 0.25) is 0 Å². The van der Waals surface area contributed by atoms with Gasteiger partial charge >= 0.3 is 6.09 Å². The minimum absolute atomic E-state index is 0.110. The second-order valence-electron chi connectivity index (χ2n) is 11.8. The number of benzene rings is 1. The van der Waals surface area contributed by atoms with Crippen molar-refractivity contribution in [1.82, 2.24) is 20.2 Å². The lowest BCUT2D eigenvalue weighted by molar-refractivity contribution is -0.156. The number of rotatable bonds is 10. The van der Waals surface area contributed by atoms with Crippen LogP contribution in [0.5, 0.6) is 0 Å². The number of ether oxygens (including phenoxy) is 1. The summed E-state index contributed by atoms with van der Waals surface area (Å²) in [6.07, 6.45) is 5.33. The molecule has 1 saturated heterocycles. The molecule has 0 radical (unpaired) electrons. The van der Waals surface area contributed by atoms with Gasteiger partial charge in [-0.25, -0.2) is 9.86 Å². The van der Waals surface area contributed by atoms with Gasteiger partial charge in [0.25, 0.3) is 0 Å². The van der Waals surface area contributed by atoms with E-state index >= 15 is 0 Å². The zero-order valence-corrected chi connectivity index (χ0v) is 23.5. The standard InChI is InChI=1S/C29H44N4O6/c1-29(2,3)25(30-26(35)24(19-33(38)21-34)18-22-10-7-8-11-22)27(36)31-14-9-15-32(17-16-31)28(37)39-20-23-12-5-4-6-13-23/h4-6,12-13,21-22,24-25,38H,7-11,14-20H2,1-3H3,(H,30,35)/t24-,25-/m1/s1. The Morgan fingerprint density at radius 1 is 1.05 bits per heavy atom. The minimum Gasteiger partial charge on any atom is -0.445 e. The zero-order valence-electron chi connectivity index (χ0n) is 23.5. The predicted molar refractivity (Wildman–Crippen MR) is 145 cm³/mol. The molecule has 1 heterocycles. The number of hydrogen-bond acceptors (Lipinski definition) is 6.